The van der Waals surface area contributed by atoms with Gasteiger partial charge < -0.3 is 15.0 Å². The molecule has 0 atom stereocenters. The van der Waals surface area contributed by atoms with Crippen molar-refractivity contribution >= 4 is 40.3 Å². The highest BCUT2D eigenvalue weighted by Crippen LogP contribution is 2.30. The van der Waals surface area contributed by atoms with Gasteiger partial charge in [0.15, 0.2) is 5.65 Å². The van der Waals surface area contributed by atoms with Crippen molar-refractivity contribution in [2.24, 2.45) is 7.05 Å². The topological polar surface area (TPSA) is 89.3 Å². The van der Waals surface area contributed by atoms with Crippen LogP contribution in [0.5, 0.6) is 5.88 Å². The van der Waals surface area contributed by atoms with Crippen molar-refractivity contribution in [1.29, 1.82) is 0 Å². The van der Waals surface area contributed by atoms with Crippen LogP contribution in [-0.2, 0) is 29.5 Å². The van der Waals surface area contributed by atoms with Gasteiger partial charge in [0.2, 0.25) is 17.7 Å². The summed E-state index contributed by atoms with van der Waals surface area (Å²) in [5, 5.41) is 8.23. The number of hydrogen-bond donors (Lipinski definition) is 1. The van der Waals surface area contributed by atoms with E-state index in [1.807, 2.05) is 61.8 Å². The molecule has 1 aliphatic rings. The van der Waals surface area contributed by atoms with E-state index in [-0.39, 0.29) is 11.8 Å². The number of amides is 2. The van der Waals surface area contributed by atoms with Gasteiger partial charge in [-0.3, -0.25) is 9.59 Å². The molecule has 0 aliphatic carbocycles. The summed E-state index contributed by atoms with van der Waals surface area (Å²) in [5.74, 6) is 2.67. The molecule has 1 fully saturated rings. The van der Waals surface area contributed by atoms with Crippen molar-refractivity contribution in [3.63, 3.8) is 0 Å². The van der Waals surface area contributed by atoms with Gasteiger partial charge in [0.05, 0.1) is 18.9 Å². The van der Waals surface area contributed by atoms with E-state index in [1.165, 1.54) is 0 Å². The molecule has 9 heteroatoms. The number of methoxy groups -OCH3 is 1. The van der Waals surface area contributed by atoms with Crippen LogP contribution >= 0.6 is 11.8 Å². The van der Waals surface area contributed by atoms with Crippen LogP contribution in [0.4, 0.5) is 5.69 Å². The maximum Gasteiger partial charge on any atom is 0.242 e. The van der Waals surface area contributed by atoms with Gasteiger partial charge in [0.1, 0.15) is 0 Å². The lowest BCUT2D eigenvalue weighted by molar-refractivity contribution is -0.130. The number of thioether (sulfide) groups is 1. The molecule has 1 aliphatic heterocycles. The molecule has 2 aromatic heterocycles. The third-order valence-electron chi connectivity index (χ3n) is 6.28. The molecule has 8 nitrogen and oxygen atoms in total. The number of nitrogens with zero attached hydrogens (tertiary/aromatic N) is 4. The van der Waals surface area contributed by atoms with E-state index in [4.69, 9.17) is 9.72 Å². The van der Waals surface area contributed by atoms with Crippen molar-refractivity contribution in [1.82, 2.24) is 19.7 Å². The van der Waals surface area contributed by atoms with Crippen molar-refractivity contribution < 1.29 is 14.3 Å². The molecule has 0 saturated carbocycles. The van der Waals surface area contributed by atoms with Crippen molar-refractivity contribution in [3.8, 4) is 5.88 Å². The molecule has 0 unspecified atom stereocenters. The van der Waals surface area contributed by atoms with Gasteiger partial charge in [0, 0.05) is 49.4 Å². The lowest BCUT2D eigenvalue weighted by Gasteiger charge is -2.26. The molecule has 4 rings (SSSR count). The molecule has 180 valence electrons. The van der Waals surface area contributed by atoms with Gasteiger partial charge in [-0.25, -0.2) is 9.67 Å². The van der Waals surface area contributed by atoms with Crippen LogP contribution in [0.1, 0.15) is 28.8 Å². The molecule has 3 aromatic rings. The second-order valence-electron chi connectivity index (χ2n) is 8.55. The number of anilines is 1. The largest absolute Gasteiger partial charge is 0.479 e. The molecule has 1 aromatic carbocycles. The standard InChI is InChI=1S/C25H31N5O3S/c1-16-20(17(2)26-24-23(16)25(33-4)28-29(24)3)9-10-21(31)27-19-7-5-18(6-8-19)15-22(32)30-11-13-34-14-12-30/h5-8H,9-15H2,1-4H3,(H,27,31). The average Bonchev–Trinajstić information content (AvgIpc) is 3.16. The lowest BCUT2D eigenvalue weighted by atomic mass is 10.00. The average molecular weight is 482 g/mol. The van der Waals surface area contributed by atoms with Gasteiger partial charge in [-0.2, -0.15) is 11.8 Å². The fraction of sp³-hybridized carbons (Fsp3) is 0.440. The first-order valence-electron chi connectivity index (χ1n) is 11.5. The Labute approximate surface area is 204 Å². The number of carbonyl (C=O) groups excluding carboxylic acids is 2. The summed E-state index contributed by atoms with van der Waals surface area (Å²) in [4.78, 5) is 31.7. The SMILES string of the molecule is COc1nn(C)c2nc(C)c(CCC(=O)Nc3ccc(CC(=O)N4CCSCC4)cc3)c(C)c12. The highest BCUT2D eigenvalue weighted by molar-refractivity contribution is 7.99. The minimum Gasteiger partial charge on any atom is -0.479 e. The van der Waals surface area contributed by atoms with Gasteiger partial charge in [-0.05, 0) is 49.1 Å². The van der Waals surface area contributed by atoms with Crippen LogP contribution in [0.3, 0.4) is 0 Å². The minimum atomic E-state index is -0.0632. The maximum absolute atomic E-state index is 12.6. The Bertz CT molecular complexity index is 1200. The number of ether oxygens (including phenoxy) is 1. The number of carbonyl (C=O) groups is 2. The zero-order valence-corrected chi connectivity index (χ0v) is 21.0. The first-order chi connectivity index (χ1) is 16.4. The molecule has 0 spiro atoms. The zero-order chi connectivity index (χ0) is 24.2. The Hall–Kier alpha value is -3.07. The number of nitrogens with one attached hydrogen (secondary N) is 1. The van der Waals surface area contributed by atoms with E-state index in [0.717, 1.165) is 63.7 Å². The second-order valence-corrected chi connectivity index (χ2v) is 9.77. The Kier molecular flexibility index (Phi) is 7.41. The summed E-state index contributed by atoms with van der Waals surface area (Å²) in [6.45, 7) is 5.64. The first-order valence-corrected chi connectivity index (χ1v) is 12.6. The Morgan fingerprint density at radius 1 is 1.15 bits per heavy atom. The molecular weight excluding hydrogens is 450 g/mol. The number of pyridine rings is 1. The molecular formula is C25H31N5O3S. The third-order valence-corrected chi connectivity index (χ3v) is 7.22. The number of aryl methyl sites for hydroxylation is 3. The van der Waals surface area contributed by atoms with Gasteiger partial charge in [-0.15, -0.1) is 5.10 Å². The van der Waals surface area contributed by atoms with E-state index in [0.29, 0.717) is 25.1 Å². The van der Waals surface area contributed by atoms with Gasteiger partial charge in [-0.1, -0.05) is 12.1 Å². The molecule has 0 radical (unpaired) electrons. The third kappa shape index (κ3) is 5.19. The van der Waals surface area contributed by atoms with Crippen molar-refractivity contribution in [3.05, 3.63) is 46.6 Å². The number of aromatic nitrogens is 3. The zero-order valence-electron chi connectivity index (χ0n) is 20.2. The first kappa shape index (κ1) is 24.1. The van der Waals surface area contributed by atoms with Gasteiger partial charge in [0.25, 0.3) is 0 Å². The van der Waals surface area contributed by atoms with Crippen molar-refractivity contribution in [2.45, 2.75) is 33.1 Å². The van der Waals surface area contributed by atoms with Crippen LogP contribution in [0.15, 0.2) is 24.3 Å². The van der Waals surface area contributed by atoms with E-state index < -0.39 is 0 Å². The van der Waals surface area contributed by atoms with Crippen LogP contribution in [0.2, 0.25) is 0 Å². The second kappa shape index (κ2) is 10.5. The van der Waals surface area contributed by atoms with Crippen molar-refractivity contribution in [2.75, 3.05) is 37.0 Å². The van der Waals surface area contributed by atoms with Crippen LogP contribution in [-0.4, -0.2) is 63.2 Å². The summed E-state index contributed by atoms with van der Waals surface area (Å²) in [6, 6.07) is 7.54. The van der Waals surface area contributed by atoms with E-state index in [2.05, 4.69) is 10.4 Å². The summed E-state index contributed by atoms with van der Waals surface area (Å²) >= 11 is 1.89. The maximum atomic E-state index is 12.6. The Balaban J connectivity index is 1.36. The number of rotatable bonds is 7. The summed E-state index contributed by atoms with van der Waals surface area (Å²) in [7, 11) is 3.44. The quantitative estimate of drug-likeness (QED) is 0.557. The van der Waals surface area contributed by atoms with E-state index in [9.17, 15) is 9.59 Å². The smallest absolute Gasteiger partial charge is 0.242 e. The number of fused-ring (bicyclic) bond motifs is 1. The fourth-order valence-corrected chi connectivity index (χ4v) is 5.28. The monoisotopic (exact) mass is 481 g/mol. The predicted molar refractivity (Wildman–Crippen MR) is 136 cm³/mol. The Morgan fingerprint density at radius 3 is 2.53 bits per heavy atom. The summed E-state index contributed by atoms with van der Waals surface area (Å²) < 4.78 is 7.14. The molecule has 34 heavy (non-hydrogen) atoms. The highest BCUT2D eigenvalue weighted by Gasteiger charge is 2.19. The predicted octanol–water partition coefficient (Wildman–Crippen LogP) is 3.28. The van der Waals surface area contributed by atoms with Crippen LogP contribution in [0, 0.1) is 13.8 Å². The van der Waals surface area contributed by atoms with Crippen LogP contribution < -0.4 is 10.1 Å². The normalized spacial score (nSPS) is 13.8. The Morgan fingerprint density at radius 2 is 1.85 bits per heavy atom. The van der Waals surface area contributed by atoms with E-state index in [1.54, 1.807) is 11.8 Å². The van der Waals surface area contributed by atoms with E-state index >= 15 is 0 Å². The molecule has 1 saturated heterocycles. The minimum absolute atomic E-state index is 0.0632. The number of hydrogen-bond acceptors (Lipinski definition) is 6. The fourth-order valence-electron chi connectivity index (χ4n) is 4.37. The molecule has 0 bridgehead atoms. The highest BCUT2D eigenvalue weighted by atomic mass is 32.2. The van der Waals surface area contributed by atoms with Crippen LogP contribution in [0.25, 0.3) is 11.0 Å². The summed E-state index contributed by atoms with van der Waals surface area (Å²) in [6.07, 6.45) is 1.31. The summed E-state index contributed by atoms with van der Waals surface area (Å²) in [5.41, 5.74) is 5.44. The molecule has 1 N–H and O–H groups in total. The number of benzene rings is 1. The lowest BCUT2D eigenvalue weighted by Crippen LogP contribution is -2.38. The van der Waals surface area contributed by atoms with Gasteiger partial charge >= 0.3 is 0 Å². The molecule has 3 heterocycles. The molecule has 2 amide bonds.